The number of nitrogens with one attached hydrogen (secondary N) is 1. The summed E-state index contributed by atoms with van der Waals surface area (Å²) in [6.45, 7) is 7.99. The number of rotatable bonds is 5. The van der Waals surface area contributed by atoms with E-state index in [1.807, 2.05) is 18.9 Å². The molecule has 0 aliphatic carbocycles. The van der Waals surface area contributed by atoms with Crippen molar-refractivity contribution in [3.63, 3.8) is 0 Å². The molecule has 0 radical (unpaired) electrons. The second-order valence-corrected chi connectivity index (χ2v) is 5.19. The van der Waals surface area contributed by atoms with E-state index in [-0.39, 0.29) is 11.8 Å². The lowest BCUT2D eigenvalue weighted by Gasteiger charge is -2.36. The number of piperidine rings is 1. The summed E-state index contributed by atoms with van der Waals surface area (Å²) in [6, 6.07) is 0.433. The molecule has 0 bridgehead atoms. The molecule has 1 saturated heterocycles. The summed E-state index contributed by atoms with van der Waals surface area (Å²) in [5.41, 5.74) is 0. The van der Waals surface area contributed by atoms with Crippen molar-refractivity contribution in [3.05, 3.63) is 0 Å². The largest absolute Gasteiger partial charge is 0.342 e. The van der Waals surface area contributed by atoms with Gasteiger partial charge >= 0.3 is 0 Å². The molecule has 1 heterocycles. The maximum Gasteiger partial charge on any atom is 0.226 e. The molecule has 1 amide bonds. The normalized spacial score (nSPS) is 20.2. The molecule has 1 rings (SSSR count). The third-order valence-corrected chi connectivity index (χ3v) is 3.71. The minimum absolute atomic E-state index is 0.0830. The SMILES string of the molecule is CCNCC(C)C(=O)N(C)C1CCN(C)CC1. The van der Waals surface area contributed by atoms with E-state index >= 15 is 0 Å². The highest BCUT2D eigenvalue weighted by Crippen LogP contribution is 2.16. The number of hydrogen-bond donors (Lipinski definition) is 1. The van der Waals surface area contributed by atoms with E-state index in [1.54, 1.807) is 0 Å². The second kappa shape index (κ2) is 6.97. The molecule has 0 aromatic heterocycles. The van der Waals surface area contributed by atoms with Crippen LogP contribution in [-0.2, 0) is 4.79 Å². The van der Waals surface area contributed by atoms with E-state index in [4.69, 9.17) is 0 Å². The highest BCUT2D eigenvalue weighted by molar-refractivity contribution is 5.78. The lowest BCUT2D eigenvalue weighted by atomic mass is 10.0. The summed E-state index contributed by atoms with van der Waals surface area (Å²) in [5, 5.41) is 3.24. The molecular formula is C13H27N3O. The van der Waals surface area contributed by atoms with Gasteiger partial charge in [-0.1, -0.05) is 13.8 Å². The van der Waals surface area contributed by atoms with Gasteiger partial charge in [0.2, 0.25) is 5.91 Å². The van der Waals surface area contributed by atoms with E-state index in [1.165, 1.54) is 0 Å². The average molecular weight is 241 g/mol. The van der Waals surface area contributed by atoms with Crippen molar-refractivity contribution < 1.29 is 4.79 Å². The van der Waals surface area contributed by atoms with Crippen LogP contribution in [0.4, 0.5) is 0 Å². The third kappa shape index (κ3) is 4.28. The minimum Gasteiger partial charge on any atom is -0.342 e. The highest BCUT2D eigenvalue weighted by Gasteiger charge is 2.26. The van der Waals surface area contributed by atoms with Crippen LogP contribution in [-0.4, -0.2) is 62.0 Å². The summed E-state index contributed by atoms with van der Waals surface area (Å²) < 4.78 is 0. The van der Waals surface area contributed by atoms with Gasteiger partial charge in [-0.15, -0.1) is 0 Å². The number of nitrogens with zero attached hydrogens (tertiary/aromatic N) is 2. The first-order valence-corrected chi connectivity index (χ1v) is 6.72. The fourth-order valence-corrected chi connectivity index (χ4v) is 2.36. The Hall–Kier alpha value is -0.610. The number of carbonyl (C=O) groups excluding carboxylic acids is 1. The van der Waals surface area contributed by atoms with Gasteiger partial charge in [0.25, 0.3) is 0 Å². The predicted octanol–water partition coefficient (Wildman–Crippen LogP) is 0.785. The number of carbonyl (C=O) groups is 1. The molecule has 0 spiro atoms. The lowest BCUT2D eigenvalue weighted by molar-refractivity contribution is -0.136. The third-order valence-electron chi connectivity index (χ3n) is 3.71. The van der Waals surface area contributed by atoms with Gasteiger partial charge in [0.15, 0.2) is 0 Å². The minimum atomic E-state index is 0.0830. The van der Waals surface area contributed by atoms with Crippen molar-refractivity contribution in [3.8, 4) is 0 Å². The van der Waals surface area contributed by atoms with Gasteiger partial charge in [-0.25, -0.2) is 0 Å². The van der Waals surface area contributed by atoms with Gasteiger partial charge in [0.05, 0.1) is 0 Å². The van der Waals surface area contributed by atoms with Crippen molar-refractivity contribution in [1.29, 1.82) is 0 Å². The molecule has 1 fully saturated rings. The van der Waals surface area contributed by atoms with Crippen molar-refractivity contribution >= 4 is 5.91 Å². The molecule has 1 unspecified atom stereocenters. The predicted molar refractivity (Wildman–Crippen MR) is 71.0 cm³/mol. The smallest absolute Gasteiger partial charge is 0.226 e. The van der Waals surface area contributed by atoms with Crippen LogP contribution in [0.1, 0.15) is 26.7 Å². The first-order chi connectivity index (χ1) is 8.06. The van der Waals surface area contributed by atoms with Crippen LogP contribution >= 0.6 is 0 Å². The van der Waals surface area contributed by atoms with Gasteiger partial charge in [-0.3, -0.25) is 4.79 Å². The van der Waals surface area contributed by atoms with Gasteiger partial charge < -0.3 is 15.1 Å². The van der Waals surface area contributed by atoms with Crippen LogP contribution in [0, 0.1) is 5.92 Å². The Labute approximate surface area is 105 Å². The zero-order chi connectivity index (χ0) is 12.8. The maximum absolute atomic E-state index is 12.2. The van der Waals surface area contributed by atoms with E-state index in [0.29, 0.717) is 6.04 Å². The Bertz CT molecular complexity index is 237. The molecule has 4 nitrogen and oxygen atoms in total. The van der Waals surface area contributed by atoms with Crippen molar-refractivity contribution in [2.75, 3.05) is 40.3 Å². The zero-order valence-electron chi connectivity index (χ0n) is 11.7. The summed E-state index contributed by atoms with van der Waals surface area (Å²) >= 11 is 0. The van der Waals surface area contributed by atoms with Crippen LogP contribution in [0.25, 0.3) is 0 Å². The van der Waals surface area contributed by atoms with Crippen LogP contribution < -0.4 is 5.32 Å². The molecule has 0 aromatic rings. The Balaban J connectivity index is 2.40. The molecule has 1 atom stereocenters. The highest BCUT2D eigenvalue weighted by atomic mass is 16.2. The van der Waals surface area contributed by atoms with Crippen molar-refractivity contribution in [1.82, 2.24) is 15.1 Å². The first kappa shape index (κ1) is 14.5. The Morgan fingerprint density at radius 3 is 2.59 bits per heavy atom. The quantitative estimate of drug-likeness (QED) is 0.773. The molecule has 0 aromatic carbocycles. The van der Waals surface area contributed by atoms with E-state index < -0.39 is 0 Å². The molecule has 1 aliphatic heterocycles. The van der Waals surface area contributed by atoms with Crippen molar-refractivity contribution in [2.24, 2.45) is 5.92 Å². The van der Waals surface area contributed by atoms with E-state index in [0.717, 1.165) is 39.0 Å². The standard InChI is InChI=1S/C13H27N3O/c1-5-14-10-11(2)13(17)16(4)12-6-8-15(3)9-7-12/h11-12,14H,5-10H2,1-4H3. The lowest BCUT2D eigenvalue weighted by Crippen LogP contribution is -2.47. The zero-order valence-corrected chi connectivity index (χ0v) is 11.7. The van der Waals surface area contributed by atoms with Gasteiger partial charge in [-0.2, -0.15) is 0 Å². The Kier molecular flexibility index (Phi) is 5.92. The first-order valence-electron chi connectivity index (χ1n) is 6.72. The summed E-state index contributed by atoms with van der Waals surface area (Å²) in [6.07, 6.45) is 2.21. The summed E-state index contributed by atoms with van der Waals surface area (Å²) in [7, 11) is 4.10. The summed E-state index contributed by atoms with van der Waals surface area (Å²) in [5.74, 6) is 0.361. The monoisotopic (exact) mass is 241 g/mol. The van der Waals surface area contributed by atoms with Gasteiger partial charge in [0, 0.05) is 25.6 Å². The molecule has 100 valence electrons. The van der Waals surface area contributed by atoms with Crippen molar-refractivity contribution in [2.45, 2.75) is 32.7 Å². The second-order valence-electron chi connectivity index (χ2n) is 5.19. The molecule has 0 saturated carbocycles. The van der Waals surface area contributed by atoms with Gasteiger partial charge in [-0.05, 0) is 39.5 Å². The van der Waals surface area contributed by atoms with E-state index in [2.05, 4.69) is 24.2 Å². The molecule has 1 aliphatic rings. The van der Waals surface area contributed by atoms with Crippen LogP contribution in [0.2, 0.25) is 0 Å². The maximum atomic E-state index is 12.2. The molecule has 1 N–H and O–H groups in total. The summed E-state index contributed by atoms with van der Waals surface area (Å²) in [4.78, 5) is 16.5. The molecule has 17 heavy (non-hydrogen) atoms. The van der Waals surface area contributed by atoms with Crippen LogP contribution in [0.5, 0.6) is 0 Å². The Morgan fingerprint density at radius 2 is 2.06 bits per heavy atom. The molecule has 4 heteroatoms. The van der Waals surface area contributed by atoms with Gasteiger partial charge in [0.1, 0.15) is 0 Å². The van der Waals surface area contributed by atoms with Crippen LogP contribution in [0.3, 0.4) is 0 Å². The Morgan fingerprint density at radius 1 is 1.47 bits per heavy atom. The molecular weight excluding hydrogens is 214 g/mol. The number of amides is 1. The fourth-order valence-electron chi connectivity index (χ4n) is 2.36. The number of likely N-dealkylation sites (tertiary alicyclic amines) is 1. The fraction of sp³-hybridized carbons (Fsp3) is 0.923. The van der Waals surface area contributed by atoms with E-state index in [9.17, 15) is 4.79 Å². The average Bonchev–Trinajstić information content (AvgIpc) is 2.35. The van der Waals surface area contributed by atoms with Crippen LogP contribution in [0.15, 0.2) is 0 Å². The number of hydrogen-bond acceptors (Lipinski definition) is 3. The topological polar surface area (TPSA) is 35.6 Å².